The number of amides is 1. The number of hydrogen-bond acceptors (Lipinski definition) is 5. The number of thioether (sulfide) groups is 1. The molecule has 1 amide bonds. The van der Waals surface area contributed by atoms with Crippen molar-refractivity contribution in [2.24, 2.45) is 17.1 Å². The van der Waals surface area contributed by atoms with Crippen molar-refractivity contribution in [3.05, 3.63) is 0 Å². The Morgan fingerprint density at radius 3 is 2.55 bits per heavy atom. The number of esters is 1. The summed E-state index contributed by atoms with van der Waals surface area (Å²) in [6.45, 7) is 8.28. The highest BCUT2D eigenvalue weighted by Gasteiger charge is 2.18. The van der Waals surface area contributed by atoms with Crippen molar-refractivity contribution < 1.29 is 19.4 Å². The summed E-state index contributed by atoms with van der Waals surface area (Å²) in [6.07, 6.45) is 2.28. The van der Waals surface area contributed by atoms with Crippen LogP contribution < -0.4 is 5.73 Å². The number of nitrogens with two attached hydrogens (primary N) is 1. The van der Waals surface area contributed by atoms with E-state index in [9.17, 15) is 14.7 Å². The van der Waals surface area contributed by atoms with Gasteiger partial charge in [-0.15, -0.1) is 0 Å². The highest BCUT2D eigenvalue weighted by Crippen LogP contribution is 2.26. The van der Waals surface area contributed by atoms with Crippen LogP contribution in [0.4, 0.5) is 0 Å². The van der Waals surface area contributed by atoms with E-state index in [-0.39, 0.29) is 36.2 Å². The van der Waals surface area contributed by atoms with E-state index in [4.69, 9.17) is 10.5 Å². The molecular formula is C16H31NO4S. The van der Waals surface area contributed by atoms with Crippen LogP contribution >= 0.6 is 11.8 Å². The lowest BCUT2D eigenvalue weighted by Crippen LogP contribution is -2.23. The predicted octanol–water partition coefficient (Wildman–Crippen LogP) is 2.35. The van der Waals surface area contributed by atoms with E-state index in [1.54, 1.807) is 6.92 Å². The normalized spacial score (nSPS) is 14.4. The molecule has 0 radical (unpaired) electrons. The van der Waals surface area contributed by atoms with Crippen LogP contribution in [0.3, 0.4) is 0 Å². The number of primary amides is 1. The maximum Gasteiger partial charge on any atom is 0.306 e. The van der Waals surface area contributed by atoms with E-state index >= 15 is 0 Å². The van der Waals surface area contributed by atoms with E-state index in [0.29, 0.717) is 17.9 Å². The average molecular weight is 333 g/mol. The minimum Gasteiger partial charge on any atom is -0.463 e. The number of carbonyl (C=O) groups excluding carboxylic acids is 2. The molecule has 0 fully saturated rings. The van der Waals surface area contributed by atoms with Gasteiger partial charge in [0.25, 0.3) is 0 Å². The van der Waals surface area contributed by atoms with Crippen LogP contribution in [0.5, 0.6) is 0 Å². The maximum atomic E-state index is 11.5. The molecule has 0 saturated carbocycles. The fourth-order valence-corrected chi connectivity index (χ4v) is 2.57. The lowest BCUT2D eigenvalue weighted by atomic mass is 9.84. The first-order valence-corrected chi connectivity index (χ1v) is 9.04. The first kappa shape index (κ1) is 21.2. The molecule has 0 aliphatic rings. The summed E-state index contributed by atoms with van der Waals surface area (Å²) >= 11 is 1.50. The van der Waals surface area contributed by atoms with E-state index in [2.05, 4.69) is 20.8 Å². The van der Waals surface area contributed by atoms with Gasteiger partial charge in [0.1, 0.15) is 6.61 Å². The Hall–Kier alpha value is -0.750. The fourth-order valence-electron chi connectivity index (χ4n) is 1.58. The number of ether oxygens (including phenoxy) is 1. The summed E-state index contributed by atoms with van der Waals surface area (Å²) in [5.41, 5.74) is 5.36. The number of carbonyl (C=O) groups is 2. The monoisotopic (exact) mass is 333 g/mol. The summed E-state index contributed by atoms with van der Waals surface area (Å²) in [7, 11) is 0. The molecule has 0 spiro atoms. The predicted molar refractivity (Wildman–Crippen MR) is 90.6 cm³/mol. The zero-order chi connectivity index (χ0) is 17.2. The molecule has 6 heteroatoms. The van der Waals surface area contributed by atoms with Gasteiger partial charge in [0, 0.05) is 17.4 Å². The number of aliphatic hydroxyl groups excluding tert-OH is 1. The van der Waals surface area contributed by atoms with Crippen LogP contribution in [0, 0.1) is 11.3 Å². The Labute approximate surface area is 138 Å². The number of hydrogen-bond donors (Lipinski definition) is 2. The lowest BCUT2D eigenvalue weighted by molar-refractivity contribution is -0.146. The largest absolute Gasteiger partial charge is 0.463 e. The van der Waals surface area contributed by atoms with Crippen LogP contribution in [0.1, 0.15) is 53.4 Å². The second-order valence-corrected chi connectivity index (χ2v) is 7.67. The Balaban J connectivity index is 3.70. The summed E-state index contributed by atoms with van der Waals surface area (Å²) < 4.78 is 5.06. The summed E-state index contributed by atoms with van der Waals surface area (Å²) in [6, 6.07) is 0. The Bertz CT molecular complexity index is 347. The second kappa shape index (κ2) is 10.9. The van der Waals surface area contributed by atoms with Gasteiger partial charge in [0.05, 0.1) is 12.5 Å². The molecule has 0 bridgehead atoms. The summed E-state index contributed by atoms with van der Waals surface area (Å²) in [4.78, 5) is 22.4. The molecule has 2 atom stereocenters. The smallest absolute Gasteiger partial charge is 0.306 e. The van der Waals surface area contributed by atoms with Crippen LogP contribution in [0.25, 0.3) is 0 Å². The molecule has 0 aliphatic heterocycles. The molecule has 3 N–H and O–H groups in total. The van der Waals surface area contributed by atoms with Crippen molar-refractivity contribution in [2.45, 2.75) is 59.5 Å². The molecule has 0 aromatic heterocycles. The van der Waals surface area contributed by atoms with Crippen molar-refractivity contribution in [3.8, 4) is 0 Å². The standard InChI is InChI=1S/C16H31NO4S/c1-5-16(3,4)8-6-13(18)10-21-14(19)7-9-22-11-12(2)15(17)20/h12-13,18H,5-11H2,1-4H3,(H2,17,20). The Morgan fingerprint density at radius 2 is 2.00 bits per heavy atom. The van der Waals surface area contributed by atoms with E-state index in [0.717, 1.165) is 12.8 Å². The van der Waals surface area contributed by atoms with E-state index in [1.807, 2.05) is 0 Å². The van der Waals surface area contributed by atoms with Gasteiger partial charge in [-0.3, -0.25) is 9.59 Å². The third-order valence-corrected chi connectivity index (χ3v) is 5.08. The zero-order valence-electron chi connectivity index (χ0n) is 14.3. The topological polar surface area (TPSA) is 89.6 Å². The average Bonchev–Trinajstić information content (AvgIpc) is 2.47. The third kappa shape index (κ3) is 10.9. The van der Waals surface area contributed by atoms with E-state index < -0.39 is 6.10 Å². The summed E-state index contributed by atoms with van der Waals surface area (Å²) in [5, 5.41) is 9.83. The van der Waals surface area contributed by atoms with Crippen molar-refractivity contribution in [2.75, 3.05) is 18.1 Å². The van der Waals surface area contributed by atoms with Gasteiger partial charge < -0.3 is 15.6 Å². The van der Waals surface area contributed by atoms with E-state index in [1.165, 1.54) is 11.8 Å². The number of aliphatic hydroxyl groups is 1. The van der Waals surface area contributed by atoms with Crippen molar-refractivity contribution in [1.29, 1.82) is 0 Å². The molecule has 130 valence electrons. The SMILES string of the molecule is CCC(C)(C)CCC(O)COC(=O)CCSCC(C)C(N)=O. The van der Waals surface area contributed by atoms with Crippen LogP contribution in [0.2, 0.25) is 0 Å². The van der Waals surface area contributed by atoms with Gasteiger partial charge >= 0.3 is 5.97 Å². The van der Waals surface area contributed by atoms with Gasteiger partial charge in [0.15, 0.2) is 0 Å². The first-order chi connectivity index (χ1) is 10.2. The molecule has 22 heavy (non-hydrogen) atoms. The van der Waals surface area contributed by atoms with Gasteiger partial charge in [-0.1, -0.05) is 34.1 Å². The van der Waals surface area contributed by atoms with Crippen LogP contribution in [0.15, 0.2) is 0 Å². The van der Waals surface area contributed by atoms with Crippen LogP contribution in [-0.2, 0) is 14.3 Å². The molecule has 2 unspecified atom stereocenters. The van der Waals surface area contributed by atoms with Crippen molar-refractivity contribution in [3.63, 3.8) is 0 Å². The zero-order valence-corrected chi connectivity index (χ0v) is 15.1. The molecule has 5 nitrogen and oxygen atoms in total. The van der Waals surface area contributed by atoms with Crippen molar-refractivity contribution in [1.82, 2.24) is 0 Å². The maximum absolute atomic E-state index is 11.5. The second-order valence-electron chi connectivity index (χ2n) is 6.52. The van der Waals surface area contributed by atoms with Gasteiger partial charge in [-0.2, -0.15) is 11.8 Å². The van der Waals surface area contributed by atoms with Crippen molar-refractivity contribution >= 4 is 23.6 Å². The highest BCUT2D eigenvalue weighted by molar-refractivity contribution is 7.99. The molecule has 0 aromatic carbocycles. The van der Waals surface area contributed by atoms with Gasteiger partial charge in [0.2, 0.25) is 5.91 Å². The minimum atomic E-state index is -0.600. The molecule has 0 aliphatic carbocycles. The highest BCUT2D eigenvalue weighted by atomic mass is 32.2. The first-order valence-electron chi connectivity index (χ1n) is 7.88. The van der Waals surface area contributed by atoms with Gasteiger partial charge in [-0.25, -0.2) is 0 Å². The number of rotatable bonds is 12. The third-order valence-electron chi connectivity index (χ3n) is 3.85. The lowest BCUT2D eigenvalue weighted by Gasteiger charge is -2.23. The Kier molecular flexibility index (Phi) is 10.5. The fraction of sp³-hybridized carbons (Fsp3) is 0.875. The van der Waals surface area contributed by atoms with Crippen LogP contribution in [-0.4, -0.2) is 41.2 Å². The molecule has 0 heterocycles. The quantitative estimate of drug-likeness (QED) is 0.423. The molecule has 0 saturated heterocycles. The minimum absolute atomic E-state index is 0.0565. The molecule has 0 rings (SSSR count). The molecule has 0 aromatic rings. The summed E-state index contributed by atoms with van der Waals surface area (Å²) in [5.74, 6) is 0.373. The Morgan fingerprint density at radius 1 is 1.36 bits per heavy atom. The molecular weight excluding hydrogens is 302 g/mol. The van der Waals surface area contributed by atoms with Gasteiger partial charge in [-0.05, 0) is 18.3 Å².